The maximum atomic E-state index is 11.3. The second-order valence-electron chi connectivity index (χ2n) is 4.09. The Bertz CT molecular complexity index is 457. The number of likely N-dealkylation sites (N-methyl/N-ethyl adjacent to an activating group) is 1. The zero-order chi connectivity index (χ0) is 13.6. The van der Waals surface area contributed by atoms with Gasteiger partial charge in [0.1, 0.15) is 0 Å². The molecule has 0 radical (unpaired) electrons. The summed E-state index contributed by atoms with van der Waals surface area (Å²) in [6.07, 6.45) is 1.20. The minimum Gasteiger partial charge on any atom is -0.378 e. The van der Waals surface area contributed by atoms with Crippen molar-refractivity contribution in [3.63, 3.8) is 0 Å². The normalized spacial score (nSPS) is 11.5. The molecule has 0 bridgehead atoms. The molecule has 0 aliphatic carbocycles. The molecule has 1 rings (SSSR count). The van der Waals surface area contributed by atoms with Crippen molar-refractivity contribution in [3.05, 3.63) is 24.3 Å². The van der Waals surface area contributed by atoms with E-state index in [1.807, 2.05) is 11.9 Å². The van der Waals surface area contributed by atoms with Gasteiger partial charge in [0, 0.05) is 32.1 Å². The molecule has 1 aromatic rings. The highest BCUT2D eigenvalue weighted by Crippen LogP contribution is 2.16. The summed E-state index contributed by atoms with van der Waals surface area (Å²) in [6, 6.07) is 6.81. The first kappa shape index (κ1) is 14.9. The van der Waals surface area contributed by atoms with E-state index in [4.69, 9.17) is 10.5 Å². The van der Waals surface area contributed by atoms with Crippen molar-refractivity contribution in [1.82, 2.24) is 0 Å². The Kier molecular flexibility index (Phi) is 5.58. The molecule has 102 valence electrons. The minimum atomic E-state index is -3.13. The molecule has 0 aromatic heterocycles. The van der Waals surface area contributed by atoms with Gasteiger partial charge in [0.25, 0.3) is 0 Å². The van der Waals surface area contributed by atoms with Crippen LogP contribution >= 0.6 is 0 Å². The lowest BCUT2D eigenvalue weighted by atomic mass is 10.3. The molecule has 1 aromatic carbocycles. The van der Waals surface area contributed by atoms with Crippen molar-refractivity contribution in [2.75, 3.05) is 44.5 Å². The van der Waals surface area contributed by atoms with Gasteiger partial charge in [-0.15, -0.1) is 0 Å². The third-order valence-corrected chi connectivity index (χ3v) is 3.67. The lowest BCUT2D eigenvalue weighted by Gasteiger charge is -2.19. The standard InChI is InChI=1S/C12H20N2O3S/c1-14(8-10-17-9-7-13)11-3-5-12(6-4-11)18(2,15)16/h3-6H,7-10,13H2,1-2H3. The van der Waals surface area contributed by atoms with Crippen LogP contribution in [0.4, 0.5) is 5.69 Å². The van der Waals surface area contributed by atoms with Crippen molar-refractivity contribution in [2.45, 2.75) is 4.90 Å². The average Bonchev–Trinajstić information content (AvgIpc) is 2.33. The summed E-state index contributed by atoms with van der Waals surface area (Å²) in [5, 5.41) is 0. The van der Waals surface area contributed by atoms with Crippen molar-refractivity contribution in [1.29, 1.82) is 0 Å². The van der Waals surface area contributed by atoms with E-state index in [-0.39, 0.29) is 0 Å². The second-order valence-corrected chi connectivity index (χ2v) is 6.10. The summed E-state index contributed by atoms with van der Waals surface area (Å²) in [5.74, 6) is 0. The number of benzene rings is 1. The largest absolute Gasteiger partial charge is 0.378 e. The fraction of sp³-hybridized carbons (Fsp3) is 0.500. The van der Waals surface area contributed by atoms with Crippen molar-refractivity contribution < 1.29 is 13.2 Å². The quantitative estimate of drug-likeness (QED) is 0.732. The van der Waals surface area contributed by atoms with Crippen LogP contribution in [0.3, 0.4) is 0 Å². The molecular weight excluding hydrogens is 252 g/mol. The number of hydrogen-bond donors (Lipinski definition) is 1. The van der Waals surface area contributed by atoms with E-state index in [1.165, 1.54) is 6.26 Å². The Morgan fingerprint density at radius 2 is 1.83 bits per heavy atom. The van der Waals surface area contributed by atoms with Gasteiger partial charge in [-0.3, -0.25) is 0 Å². The van der Waals surface area contributed by atoms with Crippen LogP contribution in [0.25, 0.3) is 0 Å². The first-order valence-corrected chi connectivity index (χ1v) is 7.63. The fourth-order valence-corrected chi connectivity index (χ4v) is 2.09. The van der Waals surface area contributed by atoms with Gasteiger partial charge in [-0.05, 0) is 24.3 Å². The Hall–Kier alpha value is -1.11. The molecule has 6 heteroatoms. The summed E-state index contributed by atoms with van der Waals surface area (Å²) < 4.78 is 27.9. The van der Waals surface area contributed by atoms with Crippen LogP contribution in [0, 0.1) is 0 Å². The van der Waals surface area contributed by atoms with Gasteiger partial charge >= 0.3 is 0 Å². The van der Waals surface area contributed by atoms with E-state index in [1.54, 1.807) is 24.3 Å². The molecule has 0 aliphatic heterocycles. The van der Waals surface area contributed by atoms with Crippen LogP contribution in [0.5, 0.6) is 0 Å². The van der Waals surface area contributed by atoms with Crippen LogP contribution in [0.15, 0.2) is 29.2 Å². The van der Waals surface area contributed by atoms with Crippen LogP contribution < -0.4 is 10.6 Å². The molecule has 0 atom stereocenters. The van der Waals surface area contributed by atoms with E-state index in [9.17, 15) is 8.42 Å². The molecule has 0 amide bonds. The lowest BCUT2D eigenvalue weighted by Crippen LogP contribution is -2.23. The highest BCUT2D eigenvalue weighted by atomic mass is 32.2. The SMILES string of the molecule is CN(CCOCCN)c1ccc(S(C)(=O)=O)cc1. The number of sulfone groups is 1. The van der Waals surface area contributed by atoms with Gasteiger partial charge in [-0.2, -0.15) is 0 Å². The average molecular weight is 272 g/mol. The Labute approximate surface area is 108 Å². The second kappa shape index (κ2) is 6.72. The van der Waals surface area contributed by atoms with Gasteiger partial charge in [-0.25, -0.2) is 8.42 Å². The minimum absolute atomic E-state index is 0.332. The Morgan fingerprint density at radius 1 is 1.22 bits per heavy atom. The first-order valence-electron chi connectivity index (χ1n) is 5.74. The molecule has 0 aliphatic rings. The highest BCUT2D eigenvalue weighted by Gasteiger charge is 2.07. The third-order valence-electron chi connectivity index (χ3n) is 2.54. The van der Waals surface area contributed by atoms with Crippen LogP contribution in [0.1, 0.15) is 0 Å². The van der Waals surface area contributed by atoms with Crippen LogP contribution in [0.2, 0.25) is 0 Å². The van der Waals surface area contributed by atoms with Gasteiger partial charge < -0.3 is 15.4 Å². The van der Waals surface area contributed by atoms with Crippen LogP contribution in [-0.4, -0.2) is 48.0 Å². The summed E-state index contributed by atoms with van der Waals surface area (Å²) in [5.41, 5.74) is 6.28. The number of ether oxygens (including phenoxy) is 1. The molecule has 18 heavy (non-hydrogen) atoms. The van der Waals surface area contributed by atoms with Gasteiger partial charge in [0.2, 0.25) is 0 Å². The predicted molar refractivity (Wildman–Crippen MR) is 72.7 cm³/mol. The van der Waals surface area contributed by atoms with E-state index in [0.29, 0.717) is 24.7 Å². The van der Waals surface area contributed by atoms with E-state index < -0.39 is 9.84 Å². The molecule has 5 nitrogen and oxygen atoms in total. The smallest absolute Gasteiger partial charge is 0.175 e. The van der Waals surface area contributed by atoms with E-state index in [2.05, 4.69) is 0 Å². The molecule has 0 unspecified atom stereocenters. The summed E-state index contributed by atoms with van der Waals surface area (Å²) in [4.78, 5) is 2.33. The number of anilines is 1. The molecule has 0 saturated carbocycles. The number of hydrogen-bond acceptors (Lipinski definition) is 5. The van der Waals surface area contributed by atoms with Gasteiger partial charge in [-0.1, -0.05) is 0 Å². The highest BCUT2D eigenvalue weighted by molar-refractivity contribution is 7.90. The fourth-order valence-electron chi connectivity index (χ4n) is 1.46. The molecule has 0 spiro atoms. The summed E-state index contributed by atoms with van der Waals surface area (Å²) in [7, 11) is -1.19. The van der Waals surface area contributed by atoms with Gasteiger partial charge in [0.15, 0.2) is 9.84 Å². The van der Waals surface area contributed by atoms with Gasteiger partial charge in [0.05, 0.1) is 18.1 Å². The number of nitrogens with zero attached hydrogens (tertiary/aromatic N) is 1. The zero-order valence-corrected chi connectivity index (χ0v) is 11.6. The Balaban J connectivity index is 2.57. The van der Waals surface area contributed by atoms with Crippen LogP contribution in [-0.2, 0) is 14.6 Å². The van der Waals surface area contributed by atoms with Crippen molar-refractivity contribution >= 4 is 15.5 Å². The van der Waals surface area contributed by atoms with Crippen molar-refractivity contribution in [2.24, 2.45) is 5.73 Å². The molecule has 0 heterocycles. The zero-order valence-electron chi connectivity index (χ0n) is 10.8. The third kappa shape index (κ3) is 4.64. The molecule has 0 fully saturated rings. The number of rotatable bonds is 7. The van der Waals surface area contributed by atoms with E-state index >= 15 is 0 Å². The monoisotopic (exact) mass is 272 g/mol. The molecule has 0 saturated heterocycles. The maximum absolute atomic E-state index is 11.3. The first-order chi connectivity index (χ1) is 8.45. The van der Waals surface area contributed by atoms with E-state index in [0.717, 1.165) is 12.2 Å². The molecular formula is C12H20N2O3S. The predicted octanol–water partition coefficient (Wildman–Crippen LogP) is 0.502. The topological polar surface area (TPSA) is 72.6 Å². The number of nitrogens with two attached hydrogens (primary N) is 1. The lowest BCUT2D eigenvalue weighted by molar-refractivity contribution is 0.148. The Morgan fingerprint density at radius 3 is 2.33 bits per heavy atom. The maximum Gasteiger partial charge on any atom is 0.175 e. The summed E-state index contributed by atoms with van der Waals surface area (Å²) >= 11 is 0. The summed E-state index contributed by atoms with van der Waals surface area (Å²) in [6.45, 7) is 2.41. The molecule has 2 N–H and O–H groups in total. The van der Waals surface area contributed by atoms with Crippen molar-refractivity contribution in [3.8, 4) is 0 Å².